The summed E-state index contributed by atoms with van der Waals surface area (Å²) >= 11 is 0. The summed E-state index contributed by atoms with van der Waals surface area (Å²) in [5, 5.41) is 20.2. The topological polar surface area (TPSA) is 61.1 Å². The number of allylic oxidation sites excluding steroid dienone is 4. The van der Waals surface area contributed by atoms with Crippen molar-refractivity contribution in [2.45, 2.75) is 88.3 Å². The lowest BCUT2D eigenvalue weighted by Gasteiger charge is -2.56. The van der Waals surface area contributed by atoms with Gasteiger partial charge in [0, 0.05) is 24.2 Å². The van der Waals surface area contributed by atoms with Gasteiger partial charge in [0.25, 0.3) is 0 Å². The number of rotatable bonds is 4. The van der Waals surface area contributed by atoms with Gasteiger partial charge in [-0.2, -0.15) is 27.2 Å². The summed E-state index contributed by atoms with van der Waals surface area (Å²) in [6.07, 6.45) is -1.80. The minimum atomic E-state index is -5.86. The van der Waals surface area contributed by atoms with Crippen molar-refractivity contribution in [3.63, 3.8) is 0 Å². The first-order valence-corrected chi connectivity index (χ1v) is 12.9. The normalized spacial score (nSPS) is 33.8. The minimum Gasteiger partial charge on any atom is -0.383 e. The Morgan fingerprint density at radius 3 is 2.43 bits per heavy atom. The quantitative estimate of drug-likeness (QED) is 0.437. The molecular weight excluding hydrogens is 489 g/mol. The van der Waals surface area contributed by atoms with E-state index in [9.17, 15) is 23.1 Å². The molecule has 4 aliphatic rings. The van der Waals surface area contributed by atoms with E-state index in [1.165, 1.54) is 6.92 Å². The lowest BCUT2D eigenvalue weighted by atomic mass is 9.50. The number of hydrogen-bond acceptors (Lipinski definition) is 3. The average Bonchev–Trinajstić information content (AvgIpc) is 3.13. The monoisotopic (exact) mass is 519 g/mol. The number of ketones is 1. The van der Waals surface area contributed by atoms with Crippen LogP contribution >= 0.6 is 0 Å². The number of nitriles is 1. The summed E-state index contributed by atoms with van der Waals surface area (Å²) in [6.45, 7) is 1.43. The second kappa shape index (κ2) is 8.76. The zero-order valence-electron chi connectivity index (χ0n) is 20.7. The van der Waals surface area contributed by atoms with Gasteiger partial charge < -0.3 is 5.11 Å². The van der Waals surface area contributed by atoms with E-state index < -0.39 is 41.4 Å². The van der Waals surface area contributed by atoms with Crippen molar-refractivity contribution in [2.75, 3.05) is 0 Å². The highest BCUT2D eigenvalue weighted by atomic mass is 19.4. The molecular formula is C29H30F5NO2. The number of hydrogen-bond donors (Lipinski definition) is 1. The van der Waals surface area contributed by atoms with E-state index in [4.69, 9.17) is 5.26 Å². The number of carbonyl (C=O) groups is 1. The number of halogens is 5. The molecule has 0 aliphatic heterocycles. The molecule has 0 unspecified atom stereocenters. The fourth-order valence-corrected chi connectivity index (χ4v) is 7.83. The fourth-order valence-electron chi connectivity index (χ4n) is 7.83. The first-order chi connectivity index (χ1) is 17.3. The lowest BCUT2D eigenvalue weighted by Crippen LogP contribution is -2.65. The Kier molecular flexibility index (Phi) is 6.18. The van der Waals surface area contributed by atoms with Crippen LogP contribution in [0.2, 0.25) is 0 Å². The summed E-state index contributed by atoms with van der Waals surface area (Å²) in [5.41, 5.74) is -0.0651. The zero-order valence-corrected chi connectivity index (χ0v) is 20.7. The molecule has 0 spiro atoms. The molecule has 37 heavy (non-hydrogen) atoms. The largest absolute Gasteiger partial charge is 0.456 e. The van der Waals surface area contributed by atoms with Crippen LogP contribution in [-0.4, -0.2) is 28.6 Å². The summed E-state index contributed by atoms with van der Waals surface area (Å²) in [7, 11) is 0. The molecule has 2 saturated carbocycles. The van der Waals surface area contributed by atoms with Crippen molar-refractivity contribution < 1.29 is 31.9 Å². The molecule has 1 aromatic carbocycles. The molecule has 0 heterocycles. The molecule has 1 N–H and O–H groups in total. The molecule has 0 radical (unpaired) electrons. The van der Waals surface area contributed by atoms with Crippen molar-refractivity contribution in [3.8, 4) is 6.07 Å². The van der Waals surface area contributed by atoms with Crippen LogP contribution in [0.4, 0.5) is 22.0 Å². The van der Waals surface area contributed by atoms with Gasteiger partial charge in [0.05, 0.1) is 6.07 Å². The molecule has 0 bridgehead atoms. The average molecular weight is 520 g/mol. The number of benzene rings is 1. The van der Waals surface area contributed by atoms with Gasteiger partial charge in [-0.3, -0.25) is 4.79 Å². The van der Waals surface area contributed by atoms with Crippen LogP contribution in [0.5, 0.6) is 0 Å². The Morgan fingerprint density at radius 2 is 1.78 bits per heavy atom. The number of nitrogens with zero attached hydrogens (tertiary/aromatic N) is 1. The first-order valence-electron chi connectivity index (χ1n) is 12.9. The molecule has 5 rings (SSSR count). The van der Waals surface area contributed by atoms with Crippen molar-refractivity contribution >= 4 is 5.78 Å². The fraction of sp³-hybridized carbons (Fsp3) is 0.586. The van der Waals surface area contributed by atoms with Crippen LogP contribution in [0.15, 0.2) is 47.1 Å². The van der Waals surface area contributed by atoms with Crippen molar-refractivity contribution in [1.29, 1.82) is 5.26 Å². The molecule has 0 amide bonds. The predicted molar refractivity (Wildman–Crippen MR) is 127 cm³/mol. The first kappa shape index (κ1) is 26.1. The number of alkyl halides is 5. The molecule has 8 heteroatoms. The number of aryl methyl sites for hydroxylation is 1. The SMILES string of the molecule is C[C@]12C[C@H](c3ccc(CCC#N)cc3)C3=C4CCC(=O)C=C4CC[C@H]3[C@@H]1CC[C@@]2(O)C(F)(F)C(F)(F)F. The van der Waals surface area contributed by atoms with Crippen molar-refractivity contribution in [3.05, 3.63) is 58.2 Å². The summed E-state index contributed by atoms with van der Waals surface area (Å²) < 4.78 is 70.9. The van der Waals surface area contributed by atoms with Crippen LogP contribution in [0.25, 0.3) is 0 Å². The second-order valence-electron chi connectivity index (χ2n) is 11.4. The van der Waals surface area contributed by atoms with Gasteiger partial charge >= 0.3 is 12.1 Å². The molecule has 1 aromatic rings. The van der Waals surface area contributed by atoms with E-state index in [-0.39, 0.29) is 24.5 Å². The van der Waals surface area contributed by atoms with E-state index in [0.29, 0.717) is 38.5 Å². The van der Waals surface area contributed by atoms with E-state index in [0.717, 1.165) is 27.8 Å². The molecule has 0 aromatic heterocycles. The third-order valence-electron chi connectivity index (χ3n) is 9.67. The minimum absolute atomic E-state index is 0.0338. The maximum atomic E-state index is 15.0. The Labute approximate surface area is 213 Å². The Morgan fingerprint density at radius 1 is 1.08 bits per heavy atom. The van der Waals surface area contributed by atoms with E-state index in [1.807, 2.05) is 24.3 Å². The summed E-state index contributed by atoms with van der Waals surface area (Å²) in [6, 6.07) is 9.58. The molecule has 3 nitrogen and oxygen atoms in total. The van der Waals surface area contributed by atoms with E-state index in [1.54, 1.807) is 6.08 Å². The number of carbonyl (C=O) groups excluding carboxylic acids is 1. The van der Waals surface area contributed by atoms with E-state index in [2.05, 4.69) is 6.07 Å². The second-order valence-corrected chi connectivity index (χ2v) is 11.4. The third kappa shape index (κ3) is 3.79. The Balaban J connectivity index is 1.65. The van der Waals surface area contributed by atoms with Gasteiger partial charge in [-0.25, -0.2) is 0 Å². The highest BCUT2D eigenvalue weighted by Crippen LogP contribution is 2.70. The van der Waals surface area contributed by atoms with Crippen LogP contribution in [0.1, 0.15) is 75.3 Å². The Bertz CT molecular complexity index is 1210. The molecule has 198 valence electrons. The van der Waals surface area contributed by atoms with Gasteiger partial charge in [-0.05, 0) is 85.1 Å². The van der Waals surface area contributed by atoms with Crippen LogP contribution in [-0.2, 0) is 11.2 Å². The lowest BCUT2D eigenvalue weighted by molar-refractivity contribution is -0.362. The van der Waals surface area contributed by atoms with Crippen LogP contribution < -0.4 is 0 Å². The van der Waals surface area contributed by atoms with Gasteiger partial charge in [0.1, 0.15) is 5.60 Å². The highest BCUT2D eigenvalue weighted by Gasteiger charge is 2.79. The molecule has 2 fully saturated rings. The smallest absolute Gasteiger partial charge is 0.383 e. The maximum Gasteiger partial charge on any atom is 0.456 e. The number of aliphatic hydroxyl groups is 1. The summed E-state index contributed by atoms with van der Waals surface area (Å²) in [4.78, 5) is 12.1. The molecule has 0 saturated heterocycles. The highest BCUT2D eigenvalue weighted by molar-refractivity contribution is 5.93. The maximum absolute atomic E-state index is 15.0. The van der Waals surface area contributed by atoms with Crippen molar-refractivity contribution in [1.82, 2.24) is 0 Å². The van der Waals surface area contributed by atoms with Crippen molar-refractivity contribution in [2.24, 2.45) is 17.3 Å². The number of fused-ring (bicyclic) bond motifs is 4. The standard InChI is InChI=1S/C29H30F5NO2/c1-26-16-23(18-6-4-17(5-7-18)3-2-14-35)25-21-11-9-20(36)15-19(21)8-10-22(25)24(26)12-13-27(26,37)28(30,31)29(32,33)34/h4-7,15,22-24,37H,2-3,8-13,16H2,1H3/t22-,23+,24-,26-,27-/m0/s1. The van der Waals surface area contributed by atoms with Gasteiger partial charge in [-0.15, -0.1) is 0 Å². The van der Waals surface area contributed by atoms with E-state index >= 15 is 8.78 Å². The summed E-state index contributed by atoms with van der Waals surface area (Å²) in [5.74, 6) is -6.38. The van der Waals surface area contributed by atoms with Gasteiger partial charge in [-0.1, -0.05) is 36.8 Å². The molecule has 5 atom stereocenters. The van der Waals surface area contributed by atoms with Crippen LogP contribution in [0.3, 0.4) is 0 Å². The zero-order chi connectivity index (χ0) is 26.8. The van der Waals surface area contributed by atoms with Gasteiger partial charge in [0.15, 0.2) is 5.78 Å². The Hall–Kier alpha value is -2.53. The third-order valence-corrected chi connectivity index (χ3v) is 9.67. The molecule has 4 aliphatic carbocycles. The van der Waals surface area contributed by atoms with Crippen LogP contribution in [0, 0.1) is 28.6 Å². The predicted octanol–water partition coefficient (Wildman–Crippen LogP) is 6.97. The van der Waals surface area contributed by atoms with Gasteiger partial charge in [0.2, 0.25) is 0 Å².